The molecule has 0 atom stereocenters. The Hall–Kier alpha value is -2.40. The molecule has 0 aliphatic heterocycles. The predicted octanol–water partition coefficient (Wildman–Crippen LogP) is 4.42. The molecule has 1 saturated carbocycles. The van der Waals surface area contributed by atoms with E-state index in [1.54, 1.807) is 19.1 Å². The molecule has 6 heteroatoms. The van der Waals surface area contributed by atoms with Gasteiger partial charge in [-0.05, 0) is 43.5 Å². The minimum Gasteiger partial charge on any atom is -0.457 e. The molecule has 0 saturated heterocycles. The van der Waals surface area contributed by atoms with Crippen LogP contribution >= 0.6 is 11.6 Å². The van der Waals surface area contributed by atoms with Crippen LogP contribution in [0.1, 0.15) is 46.1 Å². The quantitative estimate of drug-likeness (QED) is 0.657. The summed E-state index contributed by atoms with van der Waals surface area (Å²) in [5, 5.41) is 5.20. The van der Waals surface area contributed by atoms with Crippen molar-refractivity contribution in [3.63, 3.8) is 0 Å². The average Bonchev–Trinajstić information content (AvgIpc) is 3.37. The van der Waals surface area contributed by atoms with Crippen molar-refractivity contribution in [1.29, 1.82) is 0 Å². The monoisotopic (exact) mass is 342 g/mol. The summed E-state index contributed by atoms with van der Waals surface area (Å²) >= 11 is 5.86. The van der Waals surface area contributed by atoms with Crippen molar-refractivity contribution in [3.05, 3.63) is 57.9 Å². The molecule has 0 unspecified atom stereocenters. The third kappa shape index (κ3) is 2.87. The van der Waals surface area contributed by atoms with Crippen LogP contribution in [0.3, 0.4) is 0 Å². The van der Waals surface area contributed by atoms with E-state index in [2.05, 4.69) is 10.1 Å². The Morgan fingerprint density at radius 1 is 1.33 bits per heavy atom. The zero-order chi connectivity index (χ0) is 16.7. The standard InChI is InChI=1S/C18H15ClN2O3/c1-10-16-14(8-15(12-4-5-12)20-17(16)24-21-10)18(22)23-9-11-2-6-13(19)7-3-11/h2-3,6-8,12H,4-5,9H2,1H3. The maximum atomic E-state index is 12.6. The summed E-state index contributed by atoms with van der Waals surface area (Å²) in [5.41, 5.74) is 3.25. The van der Waals surface area contributed by atoms with E-state index < -0.39 is 5.97 Å². The van der Waals surface area contributed by atoms with Crippen LogP contribution in [0.25, 0.3) is 11.1 Å². The molecule has 2 heterocycles. The third-order valence-corrected chi connectivity index (χ3v) is 4.39. The SMILES string of the molecule is Cc1noc2nc(C3CC3)cc(C(=O)OCc3ccc(Cl)cc3)c12. The van der Waals surface area contributed by atoms with Gasteiger partial charge < -0.3 is 9.26 Å². The molecule has 122 valence electrons. The van der Waals surface area contributed by atoms with Gasteiger partial charge in [-0.3, -0.25) is 0 Å². The highest BCUT2D eigenvalue weighted by molar-refractivity contribution is 6.30. The molecule has 0 N–H and O–H groups in total. The lowest BCUT2D eigenvalue weighted by Gasteiger charge is -2.07. The highest BCUT2D eigenvalue weighted by atomic mass is 35.5. The van der Waals surface area contributed by atoms with Gasteiger partial charge in [-0.15, -0.1) is 0 Å². The van der Waals surface area contributed by atoms with Gasteiger partial charge in [0.15, 0.2) is 0 Å². The number of halogens is 1. The zero-order valence-corrected chi connectivity index (χ0v) is 13.8. The van der Waals surface area contributed by atoms with E-state index in [9.17, 15) is 4.79 Å². The number of ether oxygens (including phenoxy) is 1. The van der Waals surface area contributed by atoms with Crippen molar-refractivity contribution in [1.82, 2.24) is 10.1 Å². The van der Waals surface area contributed by atoms with Crippen molar-refractivity contribution in [2.75, 3.05) is 0 Å². The van der Waals surface area contributed by atoms with Crippen LogP contribution in [0.2, 0.25) is 5.02 Å². The molecule has 0 spiro atoms. The van der Waals surface area contributed by atoms with Crippen LogP contribution in [0.5, 0.6) is 0 Å². The van der Waals surface area contributed by atoms with Gasteiger partial charge in [0.25, 0.3) is 5.71 Å². The van der Waals surface area contributed by atoms with Gasteiger partial charge in [0.1, 0.15) is 6.61 Å². The summed E-state index contributed by atoms with van der Waals surface area (Å²) in [4.78, 5) is 17.1. The molecular weight excluding hydrogens is 328 g/mol. The van der Waals surface area contributed by atoms with E-state index >= 15 is 0 Å². The number of aromatic nitrogens is 2. The molecular formula is C18H15ClN2O3. The van der Waals surface area contributed by atoms with E-state index in [4.69, 9.17) is 20.9 Å². The molecule has 0 radical (unpaired) electrons. The van der Waals surface area contributed by atoms with E-state index in [0.717, 1.165) is 24.1 Å². The molecule has 5 nitrogen and oxygen atoms in total. The predicted molar refractivity (Wildman–Crippen MR) is 89.1 cm³/mol. The highest BCUT2D eigenvalue weighted by Gasteiger charge is 2.29. The van der Waals surface area contributed by atoms with Crippen LogP contribution in [0, 0.1) is 6.92 Å². The molecule has 2 aromatic heterocycles. The lowest BCUT2D eigenvalue weighted by molar-refractivity contribution is 0.0475. The number of pyridine rings is 1. The Labute approximate surface area is 143 Å². The van der Waals surface area contributed by atoms with Gasteiger partial charge in [0.05, 0.1) is 16.6 Å². The Bertz CT molecular complexity index is 914. The fourth-order valence-corrected chi connectivity index (χ4v) is 2.80. The van der Waals surface area contributed by atoms with Gasteiger partial charge in [0.2, 0.25) is 0 Å². The van der Waals surface area contributed by atoms with Gasteiger partial charge in [-0.25, -0.2) is 9.78 Å². The number of carbonyl (C=O) groups is 1. The van der Waals surface area contributed by atoms with Crippen molar-refractivity contribution >= 4 is 28.7 Å². The minimum atomic E-state index is -0.398. The van der Waals surface area contributed by atoms with Crippen molar-refractivity contribution < 1.29 is 14.1 Å². The van der Waals surface area contributed by atoms with Crippen LogP contribution in [0.4, 0.5) is 0 Å². The van der Waals surface area contributed by atoms with E-state index in [1.807, 2.05) is 18.2 Å². The Kier molecular flexibility index (Phi) is 3.73. The largest absolute Gasteiger partial charge is 0.457 e. The van der Waals surface area contributed by atoms with Crippen LogP contribution in [0.15, 0.2) is 34.9 Å². The number of carbonyl (C=O) groups excluding carboxylic acids is 1. The first-order valence-corrected chi connectivity index (χ1v) is 8.18. The molecule has 0 amide bonds. The minimum absolute atomic E-state index is 0.183. The fraction of sp³-hybridized carbons (Fsp3) is 0.278. The molecule has 1 aliphatic carbocycles. The number of esters is 1. The molecule has 24 heavy (non-hydrogen) atoms. The number of hydrogen-bond donors (Lipinski definition) is 0. The van der Waals surface area contributed by atoms with E-state index in [1.165, 1.54) is 0 Å². The number of rotatable bonds is 4. The van der Waals surface area contributed by atoms with Gasteiger partial charge in [-0.2, -0.15) is 0 Å². The summed E-state index contributed by atoms with van der Waals surface area (Å²) in [6.45, 7) is 1.98. The van der Waals surface area contributed by atoms with Crippen molar-refractivity contribution in [3.8, 4) is 0 Å². The fourth-order valence-electron chi connectivity index (χ4n) is 2.67. The van der Waals surface area contributed by atoms with Crippen molar-refractivity contribution in [2.24, 2.45) is 0 Å². The Morgan fingerprint density at radius 3 is 2.79 bits per heavy atom. The summed E-state index contributed by atoms with van der Waals surface area (Å²) in [6.07, 6.45) is 2.18. The van der Waals surface area contributed by atoms with Crippen LogP contribution < -0.4 is 0 Å². The maximum Gasteiger partial charge on any atom is 0.339 e. The van der Waals surface area contributed by atoms with Crippen LogP contribution in [-0.4, -0.2) is 16.1 Å². The maximum absolute atomic E-state index is 12.6. The zero-order valence-electron chi connectivity index (χ0n) is 13.1. The molecule has 1 aliphatic rings. The van der Waals surface area contributed by atoms with Crippen molar-refractivity contribution in [2.45, 2.75) is 32.3 Å². The van der Waals surface area contributed by atoms with Gasteiger partial charge in [-0.1, -0.05) is 28.9 Å². The smallest absolute Gasteiger partial charge is 0.339 e. The normalized spacial score (nSPS) is 14.1. The van der Waals surface area contributed by atoms with Gasteiger partial charge >= 0.3 is 5.97 Å². The molecule has 1 fully saturated rings. The second-order valence-electron chi connectivity index (χ2n) is 6.02. The lowest BCUT2D eigenvalue weighted by atomic mass is 10.1. The van der Waals surface area contributed by atoms with E-state index in [-0.39, 0.29) is 6.61 Å². The first kappa shape index (κ1) is 15.1. The molecule has 0 bridgehead atoms. The van der Waals surface area contributed by atoms with Crippen LogP contribution in [-0.2, 0) is 11.3 Å². The summed E-state index contributed by atoms with van der Waals surface area (Å²) in [7, 11) is 0. The molecule has 1 aromatic carbocycles. The summed E-state index contributed by atoms with van der Waals surface area (Å²) < 4.78 is 10.7. The highest BCUT2D eigenvalue weighted by Crippen LogP contribution is 2.40. The second-order valence-corrected chi connectivity index (χ2v) is 6.46. The molecule has 4 rings (SSSR count). The van der Waals surface area contributed by atoms with Gasteiger partial charge in [0, 0.05) is 16.6 Å². The number of benzene rings is 1. The second kappa shape index (κ2) is 5.91. The summed E-state index contributed by atoms with van der Waals surface area (Å²) in [5.74, 6) is 0.00757. The Balaban J connectivity index is 1.63. The third-order valence-electron chi connectivity index (χ3n) is 4.14. The Morgan fingerprint density at radius 2 is 2.08 bits per heavy atom. The lowest BCUT2D eigenvalue weighted by Crippen LogP contribution is -2.07. The number of nitrogens with zero attached hydrogens (tertiary/aromatic N) is 2. The first-order chi connectivity index (χ1) is 11.6. The number of hydrogen-bond acceptors (Lipinski definition) is 5. The van der Waals surface area contributed by atoms with E-state index in [0.29, 0.717) is 33.3 Å². The molecule has 3 aromatic rings. The first-order valence-electron chi connectivity index (χ1n) is 7.80. The summed E-state index contributed by atoms with van der Waals surface area (Å²) in [6, 6.07) is 9.01. The number of aryl methyl sites for hydroxylation is 1. The number of fused-ring (bicyclic) bond motifs is 1. The topological polar surface area (TPSA) is 65.2 Å². The average molecular weight is 343 g/mol.